The fourth-order valence-electron chi connectivity index (χ4n) is 4.82. The fraction of sp³-hybridized carbons (Fsp3) is 0.478. The summed E-state index contributed by atoms with van der Waals surface area (Å²) >= 11 is 0. The maximum Gasteiger partial charge on any atom is 0.126 e. The molecule has 0 bridgehead atoms. The van der Waals surface area contributed by atoms with Gasteiger partial charge in [-0.1, -0.05) is 6.07 Å². The third-order valence-electron chi connectivity index (χ3n) is 6.52. The molecule has 0 aliphatic carbocycles. The second-order valence-electron chi connectivity index (χ2n) is 8.47. The monoisotopic (exact) mass is 399 g/mol. The van der Waals surface area contributed by atoms with Crippen LogP contribution < -0.4 is 9.47 Å². The van der Waals surface area contributed by atoms with Crippen LogP contribution in [0, 0.1) is 5.82 Å². The van der Waals surface area contributed by atoms with Crippen LogP contribution in [0.1, 0.15) is 48.2 Å². The van der Waals surface area contributed by atoms with Gasteiger partial charge in [-0.15, -0.1) is 0 Å². The van der Waals surface area contributed by atoms with Crippen LogP contribution in [0.3, 0.4) is 0 Å². The normalized spacial score (nSPS) is 23.8. The van der Waals surface area contributed by atoms with Gasteiger partial charge in [-0.2, -0.15) is 0 Å². The molecule has 0 saturated carbocycles. The van der Waals surface area contributed by atoms with E-state index in [9.17, 15) is 14.6 Å². The minimum absolute atomic E-state index is 0.357. The first-order valence-corrected chi connectivity index (χ1v) is 10.3. The van der Waals surface area contributed by atoms with Crippen molar-refractivity contribution in [2.24, 2.45) is 0 Å². The van der Waals surface area contributed by atoms with E-state index in [0.29, 0.717) is 30.9 Å². The number of hydrogen-bond donors (Lipinski definition) is 2. The quantitative estimate of drug-likeness (QED) is 0.830. The number of nitrogens with zero attached hydrogens (tertiary/aromatic N) is 1. The highest BCUT2D eigenvalue weighted by Crippen LogP contribution is 2.44. The van der Waals surface area contributed by atoms with E-state index in [1.165, 1.54) is 17.7 Å². The van der Waals surface area contributed by atoms with Crippen molar-refractivity contribution < 1.29 is 24.1 Å². The molecular weight excluding hydrogens is 373 g/mol. The second-order valence-corrected chi connectivity index (χ2v) is 8.47. The molecular formula is C23H26FNO4. The highest BCUT2D eigenvalue weighted by molar-refractivity contribution is 5.41. The van der Waals surface area contributed by atoms with Crippen molar-refractivity contribution in [3.63, 3.8) is 0 Å². The average Bonchev–Trinajstić information content (AvgIpc) is 3.18. The van der Waals surface area contributed by atoms with Crippen molar-refractivity contribution in [1.82, 2.24) is 4.90 Å². The maximum atomic E-state index is 13.5. The molecule has 1 saturated heterocycles. The predicted octanol–water partition coefficient (Wildman–Crippen LogP) is 3.14. The molecule has 0 amide bonds. The number of piperidine rings is 1. The second kappa shape index (κ2) is 7.27. The highest BCUT2D eigenvalue weighted by atomic mass is 19.1. The first kappa shape index (κ1) is 18.9. The zero-order valence-corrected chi connectivity index (χ0v) is 16.3. The van der Waals surface area contributed by atoms with E-state index >= 15 is 0 Å². The van der Waals surface area contributed by atoms with E-state index in [0.717, 1.165) is 43.7 Å². The lowest BCUT2D eigenvalue weighted by molar-refractivity contribution is -0.0589. The van der Waals surface area contributed by atoms with Crippen molar-refractivity contribution in [3.05, 3.63) is 58.9 Å². The van der Waals surface area contributed by atoms with Gasteiger partial charge in [-0.3, -0.25) is 0 Å². The molecule has 1 fully saturated rings. The SMILES string of the molecule is OC(CN1CCC2(CC1)CC(O)c1cc(F)ccc1O2)c1ccc2c(c1)CCO2. The van der Waals surface area contributed by atoms with Crippen molar-refractivity contribution in [2.75, 3.05) is 26.2 Å². The number of fused-ring (bicyclic) bond motifs is 2. The van der Waals surface area contributed by atoms with Gasteiger partial charge < -0.3 is 24.6 Å². The zero-order valence-electron chi connectivity index (χ0n) is 16.3. The Hall–Kier alpha value is -2.15. The Balaban J connectivity index is 1.22. The van der Waals surface area contributed by atoms with Crippen molar-refractivity contribution >= 4 is 0 Å². The average molecular weight is 399 g/mol. The summed E-state index contributed by atoms with van der Waals surface area (Å²) in [6.45, 7) is 2.85. The number of likely N-dealkylation sites (tertiary alicyclic amines) is 1. The summed E-state index contributed by atoms with van der Waals surface area (Å²) in [5, 5.41) is 21.2. The number of ether oxygens (including phenoxy) is 2. The number of halogens is 1. The molecule has 0 aromatic heterocycles. The first-order valence-electron chi connectivity index (χ1n) is 10.3. The minimum Gasteiger partial charge on any atom is -0.493 e. The Bertz CT molecular complexity index is 910. The molecule has 29 heavy (non-hydrogen) atoms. The number of aliphatic hydroxyl groups excluding tert-OH is 2. The van der Waals surface area contributed by atoms with Crippen LogP contribution in [0.15, 0.2) is 36.4 Å². The van der Waals surface area contributed by atoms with Crippen molar-refractivity contribution in [2.45, 2.75) is 43.5 Å². The molecule has 2 N–H and O–H groups in total. The van der Waals surface area contributed by atoms with Crippen LogP contribution in [-0.4, -0.2) is 47.0 Å². The lowest BCUT2D eigenvalue weighted by Crippen LogP contribution is -2.51. The molecule has 5 rings (SSSR count). The van der Waals surface area contributed by atoms with Gasteiger partial charge in [0.2, 0.25) is 0 Å². The van der Waals surface area contributed by atoms with Crippen LogP contribution in [-0.2, 0) is 6.42 Å². The van der Waals surface area contributed by atoms with E-state index < -0.39 is 17.8 Å². The van der Waals surface area contributed by atoms with E-state index in [-0.39, 0.29) is 5.82 Å². The summed E-state index contributed by atoms with van der Waals surface area (Å²) in [6.07, 6.45) is 1.66. The molecule has 154 valence electrons. The van der Waals surface area contributed by atoms with Gasteiger partial charge in [-0.05, 0) is 54.3 Å². The van der Waals surface area contributed by atoms with Crippen molar-refractivity contribution in [1.29, 1.82) is 0 Å². The summed E-state index contributed by atoms with van der Waals surface area (Å²) in [4.78, 5) is 2.25. The number of hydrogen-bond acceptors (Lipinski definition) is 5. The van der Waals surface area contributed by atoms with Crippen LogP contribution in [0.4, 0.5) is 4.39 Å². The molecule has 0 radical (unpaired) electrons. The zero-order chi connectivity index (χ0) is 20.0. The first-order chi connectivity index (χ1) is 14.0. The van der Waals surface area contributed by atoms with Gasteiger partial charge in [0, 0.05) is 38.0 Å². The van der Waals surface area contributed by atoms with Gasteiger partial charge in [0.25, 0.3) is 0 Å². The lowest BCUT2D eigenvalue weighted by Gasteiger charge is -2.46. The molecule has 3 heterocycles. The summed E-state index contributed by atoms with van der Waals surface area (Å²) < 4.78 is 25.3. The van der Waals surface area contributed by atoms with Gasteiger partial charge in [0.15, 0.2) is 0 Å². The third kappa shape index (κ3) is 3.61. The summed E-state index contributed by atoms with van der Waals surface area (Å²) in [7, 11) is 0. The Morgan fingerprint density at radius 3 is 2.76 bits per heavy atom. The molecule has 3 aliphatic heterocycles. The Kier molecular flexibility index (Phi) is 4.73. The minimum atomic E-state index is -0.708. The van der Waals surface area contributed by atoms with Gasteiger partial charge in [-0.25, -0.2) is 4.39 Å². The summed E-state index contributed by atoms with van der Waals surface area (Å²) in [6, 6.07) is 10.3. The van der Waals surface area contributed by atoms with E-state index in [1.54, 1.807) is 6.07 Å². The van der Waals surface area contributed by atoms with E-state index in [2.05, 4.69) is 11.0 Å². The van der Waals surface area contributed by atoms with Crippen LogP contribution in [0.5, 0.6) is 11.5 Å². The van der Waals surface area contributed by atoms with Gasteiger partial charge in [0.05, 0.1) is 18.8 Å². The smallest absolute Gasteiger partial charge is 0.126 e. The summed E-state index contributed by atoms with van der Waals surface area (Å²) in [5.41, 5.74) is 2.21. The topological polar surface area (TPSA) is 62.2 Å². The molecule has 2 aromatic carbocycles. The standard InChI is InChI=1S/C23H26FNO4/c24-17-2-4-22-18(12-17)19(26)13-23(29-22)6-8-25(9-7-23)14-20(27)15-1-3-21-16(11-15)5-10-28-21/h1-4,11-12,19-20,26-27H,5-10,13-14H2. The molecule has 2 atom stereocenters. The molecule has 2 aromatic rings. The van der Waals surface area contributed by atoms with Gasteiger partial charge in [0.1, 0.15) is 22.9 Å². The Morgan fingerprint density at radius 1 is 1.14 bits per heavy atom. The number of aliphatic hydroxyl groups is 2. The summed E-state index contributed by atoms with van der Waals surface area (Å²) in [5.74, 6) is 1.15. The third-order valence-corrected chi connectivity index (χ3v) is 6.52. The van der Waals surface area contributed by atoms with Gasteiger partial charge >= 0.3 is 0 Å². The number of rotatable bonds is 3. The van der Waals surface area contributed by atoms with E-state index in [1.807, 2.05) is 12.1 Å². The Labute approximate surface area is 169 Å². The number of benzene rings is 2. The maximum absolute atomic E-state index is 13.5. The Morgan fingerprint density at radius 2 is 1.93 bits per heavy atom. The molecule has 1 spiro atoms. The fourth-order valence-corrected chi connectivity index (χ4v) is 4.82. The number of β-amino-alcohol motifs (C(OH)–C–C–N with tert-alkyl or cyclic N) is 1. The largest absolute Gasteiger partial charge is 0.493 e. The van der Waals surface area contributed by atoms with Crippen LogP contribution in [0.2, 0.25) is 0 Å². The molecule has 6 heteroatoms. The highest BCUT2D eigenvalue weighted by Gasteiger charge is 2.43. The van der Waals surface area contributed by atoms with E-state index in [4.69, 9.17) is 9.47 Å². The lowest BCUT2D eigenvalue weighted by atomic mass is 9.81. The predicted molar refractivity (Wildman–Crippen MR) is 106 cm³/mol. The molecule has 2 unspecified atom stereocenters. The van der Waals surface area contributed by atoms with Crippen LogP contribution >= 0.6 is 0 Å². The molecule has 5 nitrogen and oxygen atoms in total. The molecule has 3 aliphatic rings. The van der Waals surface area contributed by atoms with Crippen LogP contribution in [0.25, 0.3) is 0 Å². The van der Waals surface area contributed by atoms with Crippen molar-refractivity contribution in [3.8, 4) is 11.5 Å².